The van der Waals surface area contributed by atoms with Crippen LogP contribution in [-0.2, 0) is 18.0 Å². The molecule has 0 aliphatic rings. The van der Waals surface area contributed by atoms with E-state index in [1.807, 2.05) is 13.8 Å². The van der Waals surface area contributed by atoms with Gasteiger partial charge in [0.2, 0.25) is 0 Å². The molecule has 0 fully saturated rings. The first-order valence-corrected chi connectivity index (χ1v) is 6.61. The van der Waals surface area contributed by atoms with Gasteiger partial charge in [0.05, 0.1) is 12.1 Å². The largest absolute Gasteiger partial charge is 0.511 e. The molecule has 0 aliphatic carbocycles. The molecule has 1 atom stereocenters. The predicted octanol–water partition coefficient (Wildman–Crippen LogP) is 1.62. The van der Waals surface area contributed by atoms with Crippen LogP contribution in [0.15, 0.2) is 0 Å². The third kappa shape index (κ3) is 2.99. The van der Waals surface area contributed by atoms with Crippen LogP contribution in [0.4, 0.5) is 0 Å². The molecular weight excluding hydrogens is 220 g/mol. The smallest absolute Gasteiger partial charge is 0.487 e. The summed E-state index contributed by atoms with van der Waals surface area (Å²) in [5.41, 5.74) is -0.141. The maximum absolute atomic E-state index is 5.29. The van der Waals surface area contributed by atoms with Crippen LogP contribution in [0.5, 0.6) is 0 Å². The van der Waals surface area contributed by atoms with E-state index in [2.05, 4.69) is 0 Å². The van der Waals surface area contributed by atoms with E-state index in [4.69, 9.17) is 30.2 Å². The topological polar surface area (TPSA) is 36.9 Å². The summed E-state index contributed by atoms with van der Waals surface area (Å²) in [5, 5.41) is 0.477. The van der Waals surface area contributed by atoms with Gasteiger partial charge in [0.25, 0.3) is 0 Å². The van der Waals surface area contributed by atoms with Crippen LogP contribution in [0.1, 0.15) is 13.8 Å². The van der Waals surface area contributed by atoms with Gasteiger partial charge in [0.15, 0.2) is 5.05 Å². The van der Waals surface area contributed by atoms with Gasteiger partial charge in [-0.05, 0) is 26.1 Å². The summed E-state index contributed by atoms with van der Waals surface area (Å²) in [6.07, 6.45) is 0. The minimum absolute atomic E-state index is 0.141. The summed E-state index contributed by atoms with van der Waals surface area (Å²) in [6, 6.07) is 0. The van der Waals surface area contributed by atoms with Gasteiger partial charge in [-0.2, -0.15) is 0 Å². The number of hydrogen-bond donors (Lipinski definition) is 0. The average Bonchev–Trinajstić information content (AvgIpc) is 2.21. The number of thiocarbonyl (C=S) groups is 1. The van der Waals surface area contributed by atoms with Gasteiger partial charge in [-0.25, -0.2) is 0 Å². The second kappa shape index (κ2) is 6.47. The maximum Gasteiger partial charge on any atom is 0.511 e. The van der Waals surface area contributed by atoms with Crippen molar-refractivity contribution in [3.63, 3.8) is 0 Å². The monoisotopic (exact) mass is 238 g/mol. The molecule has 0 aromatic carbocycles. The minimum atomic E-state index is -2.69. The van der Waals surface area contributed by atoms with Crippen molar-refractivity contribution in [3.05, 3.63) is 0 Å². The Bertz CT molecular complexity index is 176. The van der Waals surface area contributed by atoms with Crippen LogP contribution in [0, 0.1) is 0 Å². The molecule has 0 amide bonds. The van der Waals surface area contributed by atoms with Crippen molar-refractivity contribution in [1.29, 1.82) is 0 Å². The molecule has 84 valence electrons. The Labute approximate surface area is 91.9 Å². The molecule has 0 aliphatic heterocycles. The molecule has 0 radical (unpaired) electrons. The first-order chi connectivity index (χ1) is 6.57. The van der Waals surface area contributed by atoms with Crippen LogP contribution in [0.2, 0.25) is 5.54 Å². The first kappa shape index (κ1) is 14.0. The Morgan fingerprint density at radius 2 is 1.64 bits per heavy atom. The zero-order valence-electron chi connectivity index (χ0n) is 9.33. The first-order valence-electron chi connectivity index (χ1n) is 4.40. The Balaban J connectivity index is 4.57. The lowest BCUT2D eigenvalue weighted by molar-refractivity contribution is 0.117. The van der Waals surface area contributed by atoms with Crippen LogP contribution < -0.4 is 0 Å². The van der Waals surface area contributed by atoms with Crippen molar-refractivity contribution in [3.8, 4) is 0 Å². The third-order valence-electron chi connectivity index (χ3n) is 2.02. The summed E-state index contributed by atoms with van der Waals surface area (Å²) < 4.78 is 21.1. The van der Waals surface area contributed by atoms with Gasteiger partial charge in [-0.3, -0.25) is 0 Å². The highest BCUT2D eigenvalue weighted by atomic mass is 32.1. The average molecular weight is 238 g/mol. The number of hydrogen-bond acceptors (Lipinski definition) is 5. The van der Waals surface area contributed by atoms with Crippen molar-refractivity contribution in [1.82, 2.24) is 0 Å². The fraction of sp³-hybridized carbons (Fsp3) is 0.875. The lowest BCUT2D eigenvalue weighted by atomic mass is 10.5. The predicted molar refractivity (Wildman–Crippen MR) is 60.4 cm³/mol. The van der Waals surface area contributed by atoms with Crippen LogP contribution in [-0.4, -0.2) is 41.8 Å². The van der Waals surface area contributed by atoms with Crippen LogP contribution in [0.25, 0.3) is 0 Å². The van der Waals surface area contributed by atoms with Crippen LogP contribution in [0.3, 0.4) is 0 Å². The SMILES string of the molecule is CCOC(=S)C(C)[Si](OC)(OC)OC. The van der Waals surface area contributed by atoms with E-state index in [-0.39, 0.29) is 5.54 Å². The van der Waals surface area contributed by atoms with Gasteiger partial charge in [0.1, 0.15) is 0 Å². The molecule has 0 saturated carbocycles. The Morgan fingerprint density at radius 3 is 1.93 bits per heavy atom. The number of ether oxygens (including phenoxy) is 1. The molecule has 0 aromatic rings. The summed E-state index contributed by atoms with van der Waals surface area (Å²) in [6.45, 7) is 4.32. The standard InChI is InChI=1S/C8H18O4SSi/c1-6-12-8(13)7(2)14(9-3,10-4)11-5/h7H,6H2,1-5H3. The van der Waals surface area contributed by atoms with E-state index in [1.54, 1.807) is 21.3 Å². The maximum atomic E-state index is 5.29. The fourth-order valence-electron chi connectivity index (χ4n) is 1.19. The van der Waals surface area contributed by atoms with Gasteiger partial charge in [0, 0.05) is 21.3 Å². The van der Waals surface area contributed by atoms with Crippen molar-refractivity contribution in [2.45, 2.75) is 19.4 Å². The second-order valence-electron chi connectivity index (χ2n) is 2.69. The van der Waals surface area contributed by atoms with Crippen molar-refractivity contribution >= 4 is 26.1 Å². The van der Waals surface area contributed by atoms with E-state index in [0.717, 1.165) is 0 Å². The van der Waals surface area contributed by atoms with Crippen molar-refractivity contribution in [2.75, 3.05) is 27.9 Å². The highest BCUT2D eigenvalue weighted by Gasteiger charge is 2.47. The third-order valence-corrected chi connectivity index (χ3v) is 5.73. The number of rotatable bonds is 6. The molecule has 14 heavy (non-hydrogen) atoms. The summed E-state index contributed by atoms with van der Waals surface area (Å²) in [7, 11) is 1.99. The lowest BCUT2D eigenvalue weighted by Crippen LogP contribution is -2.49. The molecule has 0 saturated heterocycles. The molecule has 6 heteroatoms. The molecule has 4 nitrogen and oxygen atoms in total. The van der Waals surface area contributed by atoms with Gasteiger partial charge in [-0.15, -0.1) is 0 Å². The molecule has 0 aromatic heterocycles. The Kier molecular flexibility index (Phi) is 6.46. The molecular formula is C8H18O4SSi. The zero-order chi connectivity index (χ0) is 11.2. The highest BCUT2D eigenvalue weighted by Crippen LogP contribution is 2.25. The van der Waals surface area contributed by atoms with E-state index in [9.17, 15) is 0 Å². The lowest BCUT2D eigenvalue weighted by Gasteiger charge is -2.29. The van der Waals surface area contributed by atoms with Crippen molar-refractivity contribution in [2.24, 2.45) is 0 Å². The summed E-state index contributed by atoms with van der Waals surface area (Å²) in [4.78, 5) is 0. The van der Waals surface area contributed by atoms with Gasteiger partial charge in [-0.1, -0.05) is 0 Å². The van der Waals surface area contributed by atoms with E-state index >= 15 is 0 Å². The molecule has 0 bridgehead atoms. The normalized spacial score (nSPS) is 13.8. The molecule has 0 N–H and O–H groups in total. The van der Waals surface area contributed by atoms with Crippen molar-refractivity contribution < 1.29 is 18.0 Å². The van der Waals surface area contributed by atoms with E-state index < -0.39 is 8.80 Å². The summed E-state index contributed by atoms with van der Waals surface area (Å²) >= 11 is 5.10. The Morgan fingerprint density at radius 1 is 1.21 bits per heavy atom. The second-order valence-corrected chi connectivity index (χ2v) is 6.39. The van der Waals surface area contributed by atoms with Crippen LogP contribution >= 0.6 is 12.2 Å². The molecule has 0 rings (SSSR count). The summed E-state index contributed by atoms with van der Waals surface area (Å²) in [5.74, 6) is 0. The fourth-order valence-corrected chi connectivity index (χ4v) is 3.68. The quantitative estimate of drug-likeness (QED) is 0.519. The highest BCUT2D eigenvalue weighted by molar-refractivity contribution is 7.80. The molecule has 0 spiro atoms. The van der Waals surface area contributed by atoms with Gasteiger partial charge < -0.3 is 18.0 Å². The Hall–Kier alpha value is -0.0131. The minimum Gasteiger partial charge on any atom is -0.487 e. The molecule has 0 heterocycles. The molecule has 1 unspecified atom stereocenters. The van der Waals surface area contributed by atoms with E-state index in [1.165, 1.54) is 0 Å². The van der Waals surface area contributed by atoms with E-state index in [0.29, 0.717) is 11.7 Å². The van der Waals surface area contributed by atoms with Gasteiger partial charge >= 0.3 is 8.80 Å². The zero-order valence-corrected chi connectivity index (χ0v) is 11.1.